The summed E-state index contributed by atoms with van der Waals surface area (Å²) in [5.41, 5.74) is 1.41. The molecule has 1 fully saturated rings. The average molecular weight is 439 g/mol. The van der Waals surface area contributed by atoms with E-state index in [9.17, 15) is 9.59 Å². The Labute approximate surface area is 182 Å². The number of benzene rings is 1. The molecule has 2 N–H and O–H groups in total. The van der Waals surface area contributed by atoms with Gasteiger partial charge in [0.1, 0.15) is 21.7 Å². The van der Waals surface area contributed by atoms with Gasteiger partial charge < -0.3 is 19.6 Å². The Kier molecular flexibility index (Phi) is 5.82. The normalized spacial score (nSPS) is 14.9. The summed E-state index contributed by atoms with van der Waals surface area (Å²) < 4.78 is 8.23. The van der Waals surface area contributed by atoms with E-state index in [1.54, 1.807) is 30.5 Å². The number of hydrogen-bond acceptors (Lipinski definition) is 6. The monoisotopic (exact) mass is 438 g/mol. The molecule has 1 aliphatic heterocycles. The molecule has 0 radical (unpaired) electrons. The van der Waals surface area contributed by atoms with Crippen LogP contribution in [0, 0.1) is 6.92 Å². The van der Waals surface area contributed by atoms with E-state index in [1.807, 2.05) is 35.9 Å². The van der Waals surface area contributed by atoms with Crippen LogP contribution in [0.1, 0.15) is 21.9 Å². The summed E-state index contributed by atoms with van der Waals surface area (Å²) in [6.07, 6.45) is 5.28. The summed E-state index contributed by atoms with van der Waals surface area (Å²) in [4.78, 5) is 28.8. The van der Waals surface area contributed by atoms with Crippen molar-refractivity contribution >= 4 is 46.2 Å². The molecule has 3 aromatic rings. The number of rotatable bonds is 6. The molecular formula is C21H18N4O3S2. The number of thioether (sulfide) groups is 1. The SMILES string of the molecule is Cc1nccn1CCNC(=O)c1ccc(-c2ccc(C=C3SC(=S)NC3=O)o2)cc1. The molecule has 0 bridgehead atoms. The van der Waals surface area contributed by atoms with Crippen molar-refractivity contribution in [2.75, 3.05) is 6.54 Å². The van der Waals surface area contributed by atoms with Gasteiger partial charge in [-0.1, -0.05) is 36.1 Å². The zero-order valence-electron chi connectivity index (χ0n) is 16.0. The van der Waals surface area contributed by atoms with Gasteiger partial charge in [0.15, 0.2) is 0 Å². The summed E-state index contributed by atoms with van der Waals surface area (Å²) >= 11 is 6.19. The Hall–Kier alpha value is -3.17. The number of carbonyl (C=O) groups excluding carboxylic acids is 2. The molecule has 0 saturated carbocycles. The molecular weight excluding hydrogens is 420 g/mol. The Bertz CT molecular complexity index is 1150. The van der Waals surface area contributed by atoms with E-state index in [2.05, 4.69) is 15.6 Å². The van der Waals surface area contributed by atoms with Crippen molar-refractivity contribution in [1.82, 2.24) is 20.2 Å². The van der Waals surface area contributed by atoms with Gasteiger partial charge in [0.05, 0.1) is 4.91 Å². The number of carbonyl (C=O) groups is 2. The summed E-state index contributed by atoms with van der Waals surface area (Å²) in [6, 6.07) is 10.8. The molecule has 0 unspecified atom stereocenters. The summed E-state index contributed by atoms with van der Waals surface area (Å²) in [6.45, 7) is 3.11. The zero-order chi connectivity index (χ0) is 21.1. The fraction of sp³-hybridized carbons (Fsp3) is 0.143. The van der Waals surface area contributed by atoms with Crippen molar-refractivity contribution in [3.8, 4) is 11.3 Å². The Balaban J connectivity index is 1.37. The van der Waals surface area contributed by atoms with Gasteiger partial charge in [0.2, 0.25) is 0 Å². The number of aromatic nitrogens is 2. The molecule has 0 atom stereocenters. The van der Waals surface area contributed by atoms with E-state index in [-0.39, 0.29) is 11.8 Å². The van der Waals surface area contributed by atoms with Crippen molar-refractivity contribution < 1.29 is 14.0 Å². The standard InChI is InChI=1S/C21H18N4O3S2/c1-13-22-8-10-25(13)11-9-23-19(26)15-4-2-14(3-5-15)17-7-6-16(28-17)12-18-20(27)24-21(29)30-18/h2-8,10,12H,9,11H2,1H3,(H,23,26)(H,24,27,29). The molecule has 2 amide bonds. The average Bonchev–Trinajstić information content (AvgIpc) is 3.44. The van der Waals surface area contributed by atoms with Gasteiger partial charge in [-0.05, 0) is 31.2 Å². The van der Waals surface area contributed by atoms with Crippen molar-refractivity contribution in [3.63, 3.8) is 0 Å². The third-order valence-electron chi connectivity index (χ3n) is 4.54. The minimum atomic E-state index is -0.221. The fourth-order valence-electron chi connectivity index (χ4n) is 2.95. The molecule has 7 nitrogen and oxygen atoms in total. The van der Waals surface area contributed by atoms with E-state index in [4.69, 9.17) is 16.6 Å². The Morgan fingerprint density at radius 1 is 1.30 bits per heavy atom. The number of nitrogens with zero attached hydrogens (tertiary/aromatic N) is 2. The van der Waals surface area contributed by atoms with Crippen LogP contribution in [0.2, 0.25) is 0 Å². The van der Waals surface area contributed by atoms with Gasteiger partial charge in [0.25, 0.3) is 11.8 Å². The highest BCUT2D eigenvalue weighted by molar-refractivity contribution is 8.26. The van der Waals surface area contributed by atoms with Gasteiger partial charge in [-0.2, -0.15) is 0 Å². The minimum Gasteiger partial charge on any atom is -0.457 e. The summed E-state index contributed by atoms with van der Waals surface area (Å²) in [7, 11) is 0. The molecule has 4 rings (SSSR count). The quantitative estimate of drug-likeness (QED) is 0.453. The third-order valence-corrected chi connectivity index (χ3v) is 5.70. The van der Waals surface area contributed by atoms with E-state index in [1.165, 1.54) is 11.8 Å². The number of thiocarbonyl (C=S) groups is 1. The number of nitrogens with one attached hydrogen (secondary N) is 2. The van der Waals surface area contributed by atoms with Crippen LogP contribution in [0.25, 0.3) is 17.4 Å². The molecule has 1 aliphatic rings. The van der Waals surface area contributed by atoms with Crippen LogP contribution < -0.4 is 10.6 Å². The minimum absolute atomic E-state index is 0.135. The van der Waals surface area contributed by atoms with Crippen LogP contribution >= 0.6 is 24.0 Å². The topological polar surface area (TPSA) is 89.2 Å². The number of amides is 2. The van der Waals surface area contributed by atoms with Gasteiger partial charge >= 0.3 is 0 Å². The number of hydrogen-bond donors (Lipinski definition) is 2. The first kappa shape index (κ1) is 20.1. The van der Waals surface area contributed by atoms with Crippen LogP contribution in [0.4, 0.5) is 0 Å². The lowest BCUT2D eigenvalue weighted by molar-refractivity contribution is -0.115. The van der Waals surface area contributed by atoms with Gasteiger partial charge in [-0.3, -0.25) is 9.59 Å². The van der Waals surface area contributed by atoms with Crippen LogP contribution in [0.5, 0.6) is 0 Å². The Morgan fingerprint density at radius 2 is 2.10 bits per heavy atom. The van der Waals surface area contributed by atoms with E-state index < -0.39 is 0 Å². The number of imidazole rings is 1. The first-order chi connectivity index (χ1) is 14.5. The maximum Gasteiger partial charge on any atom is 0.263 e. The fourth-order valence-corrected chi connectivity index (χ4v) is 3.98. The van der Waals surface area contributed by atoms with Crippen molar-refractivity contribution in [2.45, 2.75) is 13.5 Å². The first-order valence-corrected chi connectivity index (χ1v) is 10.4. The number of furan rings is 1. The molecule has 2 aromatic heterocycles. The van der Waals surface area contributed by atoms with Crippen molar-refractivity contribution in [3.05, 3.63) is 70.8 Å². The van der Waals surface area contributed by atoms with Gasteiger partial charge in [-0.15, -0.1) is 0 Å². The number of aryl methyl sites for hydroxylation is 1. The summed E-state index contributed by atoms with van der Waals surface area (Å²) in [5, 5.41) is 5.48. The Morgan fingerprint density at radius 3 is 2.77 bits per heavy atom. The second kappa shape index (κ2) is 8.68. The zero-order valence-corrected chi connectivity index (χ0v) is 17.7. The molecule has 3 heterocycles. The second-order valence-corrected chi connectivity index (χ2v) is 8.27. The van der Waals surface area contributed by atoms with Gasteiger partial charge in [-0.25, -0.2) is 4.98 Å². The van der Waals surface area contributed by atoms with Gasteiger partial charge in [0, 0.05) is 42.7 Å². The highest BCUT2D eigenvalue weighted by atomic mass is 32.2. The maximum absolute atomic E-state index is 12.3. The lowest BCUT2D eigenvalue weighted by Gasteiger charge is -2.07. The highest BCUT2D eigenvalue weighted by Crippen LogP contribution is 2.28. The third kappa shape index (κ3) is 4.52. The largest absolute Gasteiger partial charge is 0.457 e. The predicted molar refractivity (Wildman–Crippen MR) is 120 cm³/mol. The van der Waals surface area contributed by atoms with Crippen molar-refractivity contribution in [1.29, 1.82) is 0 Å². The smallest absolute Gasteiger partial charge is 0.263 e. The molecule has 152 valence electrons. The second-order valence-electron chi connectivity index (χ2n) is 6.56. The molecule has 9 heteroatoms. The lowest BCUT2D eigenvalue weighted by Crippen LogP contribution is -2.27. The first-order valence-electron chi connectivity index (χ1n) is 9.20. The van der Waals surface area contributed by atoms with E-state index in [0.29, 0.717) is 39.4 Å². The lowest BCUT2D eigenvalue weighted by atomic mass is 10.1. The van der Waals surface area contributed by atoms with Crippen LogP contribution in [0.15, 0.2) is 58.1 Å². The molecule has 1 aromatic carbocycles. The molecule has 0 aliphatic carbocycles. The van der Waals surface area contributed by atoms with Crippen molar-refractivity contribution in [2.24, 2.45) is 0 Å². The van der Waals surface area contributed by atoms with Crippen LogP contribution in [-0.2, 0) is 11.3 Å². The van der Waals surface area contributed by atoms with Crippen LogP contribution in [0.3, 0.4) is 0 Å². The van der Waals surface area contributed by atoms with Crippen LogP contribution in [-0.4, -0.2) is 32.2 Å². The summed E-state index contributed by atoms with van der Waals surface area (Å²) in [5.74, 6) is 1.77. The highest BCUT2D eigenvalue weighted by Gasteiger charge is 2.22. The molecule has 0 spiro atoms. The van der Waals surface area contributed by atoms with E-state index in [0.717, 1.165) is 11.4 Å². The van der Waals surface area contributed by atoms with E-state index >= 15 is 0 Å². The molecule has 30 heavy (non-hydrogen) atoms. The molecule has 1 saturated heterocycles. The predicted octanol–water partition coefficient (Wildman–Crippen LogP) is 3.37. The maximum atomic E-state index is 12.3.